The van der Waals surface area contributed by atoms with Crippen LogP contribution in [-0.4, -0.2) is 25.7 Å². The van der Waals surface area contributed by atoms with Gasteiger partial charge >= 0.3 is 0 Å². The molecule has 0 aliphatic rings. The Kier molecular flexibility index (Phi) is 5.28. The van der Waals surface area contributed by atoms with E-state index < -0.39 is 30.4 Å². The van der Waals surface area contributed by atoms with Crippen molar-refractivity contribution in [2.24, 2.45) is 0 Å². The second-order valence-electron chi connectivity index (χ2n) is 5.11. The summed E-state index contributed by atoms with van der Waals surface area (Å²) >= 11 is 8.49. The smallest absolute Gasteiger partial charge is 0.282 e. The number of amides is 1. The van der Waals surface area contributed by atoms with Crippen molar-refractivity contribution in [1.82, 2.24) is 19.7 Å². The van der Waals surface area contributed by atoms with E-state index in [1.54, 1.807) is 12.1 Å². The molecule has 3 rings (SSSR count). The number of benzene rings is 1. The molecular weight excluding hydrogens is 435 g/mol. The summed E-state index contributed by atoms with van der Waals surface area (Å²) in [7, 11) is 0. The number of alkyl halides is 2. The van der Waals surface area contributed by atoms with E-state index in [1.807, 2.05) is 0 Å². The van der Waals surface area contributed by atoms with E-state index in [1.165, 1.54) is 6.07 Å². The molecule has 2 aromatic heterocycles. The fourth-order valence-corrected chi connectivity index (χ4v) is 2.87. The molecule has 1 amide bonds. The lowest BCUT2D eigenvalue weighted by Crippen LogP contribution is -2.23. The van der Waals surface area contributed by atoms with Gasteiger partial charge in [-0.05, 0) is 12.1 Å². The largest absolute Gasteiger partial charge is 0.293 e. The van der Waals surface area contributed by atoms with Crippen molar-refractivity contribution < 1.29 is 18.0 Å². The zero-order valence-electron chi connectivity index (χ0n) is 12.8. The molecule has 1 aromatic carbocycles. The molecule has 2 heterocycles. The van der Waals surface area contributed by atoms with Crippen molar-refractivity contribution in [3.05, 3.63) is 51.2 Å². The molecule has 134 valence electrons. The molecule has 1 N–H and O–H groups in total. The van der Waals surface area contributed by atoms with Crippen molar-refractivity contribution in [3.8, 4) is 0 Å². The minimum atomic E-state index is -2.85. The number of nitrogens with zero attached hydrogens (tertiary/aromatic N) is 4. The van der Waals surface area contributed by atoms with Crippen LogP contribution in [0.4, 0.5) is 19.1 Å². The predicted octanol–water partition coefficient (Wildman–Crippen LogP) is 4.03. The van der Waals surface area contributed by atoms with Crippen LogP contribution in [-0.2, 0) is 11.3 Å². The van der Waals surface area contributed by atoms with Gasteiger partial charge in [-0.3, -0.25) is 10.1 Å². The Bertz CT molecular complexity index is 1040. The van der Waals surface area contributed by atoms with E-state index in [4.69, 9.17) is 12.2 Å². The van der Waals surface area contributed by atoms with Crippen molar-refractivity contribution in [2.75, 3.05) is 5.32 Å². The molecule has 0 aliphatic carbocycles. The minimum absolute atomic E-state index is 0.123. The first-order valence-electron chi connectivity index (χ1n) is 7.11. The van der Waals surface area contributed by atoms with E-state index >= 15 is 0 Å². The molecule has 0 aliphatic heterocycles. The first-order chi connectivity index (χ1) is 12.3. The summed E-state index contributed by atoms with van der Waals surface area (Å²) < 4.78 is 41.3. The van der Waals surface area contributed by atoms with E-state index in [0.717, 1.165) is 17.1 Å². The van der Waals surface area contributed by atoms with Crippen LogP contribution in [0.1, 0.15) is 12.1 Å². The number of fused-ring (bicyclic) bond motifs is 1. The molecule has 0 bridgehead atoms. The second-order valence-corrected chi connectivity index (χ2v) is 6.41. The quantitative estimate of drug-likeness (QED) is 0.616. The van der Waals surface area contributed by atoms with Crippen molar-refractivity contribution in [1.29, 1.82) is 0 Å². The summed E-state index contributed by atoms with van der Waals surface area (Å²) in [6, 6.07) is 4.73. The first-order valence-corrected chi connectivity index (χ1v) is 8.31. The Labute approximate surface area is 158 Å². The Hall–Kier alpha value is -2.40. The highest BCUT2D eigenvalue weighted by atomic mass is 79.9. The predicted molar refractivity (Wildman–Crippen MR) is 93.8 cm³/mol. The Balaban J connectivity index is 1.95. The van der Waals surface area contributed by atoms with E-state index in [-0.39, 0.29) is 16.0 Å². The third kappa shape index (κ3) is 3.88. The summed E-state index contributed by atoms with van der Waals surface area (Å²) in [5.74, 6) is -1.42. The summed E-state index contributed by atoms with van der Waals surface area (Å²) in [5.41, 5.74) is -0.485. The molecule has 0 spiro atoms. The summed E-state index contributed by atoms with van der Waals surface area (Å²) in [5, 5.41) is 6.72. The number of hydrogen-bond donors (Lipinski definition) is 1. The van der Waals surface area contributed by atoms with Crippen LogP contribution in [0.2, 0.25) is 0 Å². The number of halogens is 4. The molecular formula is C15H9BrF3N5OS. The van der Waals surface area contributed by atoms with Gasteiger partial charge in [0.2, 0.25) is 11.9 Å². The van der Waals surface area contributed by atoms with Gasteiger partial charge in [0.15, 0.2) is 5.82 Å². The fraction of sp³-hybridized carbons (Fsp3) is 0.133. The highest BCUT2D eigenvalue weighted by Gasteiger charge is 2.18. The number of aromatic nitrogens is 4. The van der Waals surface area contributed by atoms with Gasteiger partial charge in [0.1, 0.15) is 16.9 Å². The molecule has 0 fully saturated rings. The van der Waals surface area contributed by atoms with E-state index in [0.29, 0.717) is 9.86 Å². The van der Waals surface area contributed by atoms with Crippen LogP contribution in [0.15, 0.2) is 35.1 Å². The Morgan fingerprint density at radius 3 is 2.62 bits per heavy atom. The van der Waals surface area contributed by atoms with Crippen LogP contribution in [0.3, 0.4) is 0 Å². The molecule has 0 saturated heterocycles. The average molecular weight is 444 g/mol. The zero-order valence-corrected chi connectivity index (χ0v) is 15.2. The van der Waals surface area contributed by atoms with Gasteiger partial charge in [0, 0.05) is 15.2 Å². The molecule has 11 heteroatoms. The standard InChI is InChI=1S/C15H9BrF3N5OS/c16-7-1-2-9-10(3-7)12(13(18)19)23-24(14(9)26)6-11(25)22-15-20-4-8(17)5-21-15/h1-5,13H,6H2,(H,20,21,22,25). The number of hydrogen-bond acceptors (Lipinski definition) is 5. The fourth-order valence-electron chi connectivity index (χ4n) is 2.23. The molecule has 3 aromatic rings. The SMILES string of the molecule is O=C(Cn1nc(C(F)F)c2cc(Br)ccc2c1=S)Nc1ncc(F)cn1. The van der Waals surface area contributed by atoms with Crippen LogP contribution < -0.4 is 5.32 Å². The van der Waals surface area contributed by atoms with Gasteiger partial charge in [-0.2, -0.15) is 5.10 Å². The molecule has 0 unspecified atom stereocenters. The number of anilines is 1. The van der Waals surface area contributed by atoms with Crippen molar-refractivity contribution in [2.45, 2.75) is 13.0 Å². The topological polar surface area (TPSA) is 72.7 Å². The summed E-state index contributed by atoms with van der Waals surface area (Å²) in [6.45, 7) is -0.425. The van der Waals surface area contributed by atoms with Crippen LogP contribution in [0.25, 0.3) is 10.8 Å². The average Bonchev–Trinajstić information content (AvgIpc) is 2.59. The number of nitrogens with one attached hydrogen (secondary N) is 1. The molecule has 0 atom stereocenters. The molecule has 26 heavy (non-hydrogen) atoms. The zero-order chi connectivity index (χ0) is 18.8. The number of carbonyl (C=O) groups is 1. The van der Waals surface area contributed by atoms with Crippen LogP contribution in [0, 0.1) is 10.5 Å². The maximum Gasteiger partial charge on any atom is 0.282 e. The van der Waals surface area contributed by atoms with Gasteiger partial charge in [-0.15, -0.1) is 0 Å². The lowest BCUT2D eigenvalue weighted by molar-refractivity contribution is -0.117. The summed E-state index contributed by atoms with van der Waals surface area (Å²) in [6.07, 6.45) is -1.08. The van der Waals surface area contributed by atoms with Crippen molar-refractivity contribution >= 4 is 50.8 Å². The third-order valence-electron chi connectivity index (χ3n) is 3.32. The maximum absolute atomic E-state index is 13.4. The van der Waals surface area contributed by atoms with Crippen molar-refractivity contribution in [3.63, 3.8) is 0 Å². The Morgan fingerprint density at radius 2 is 1.96 bits per heavy atom. The minimum Gasteiger partial charge on any atom is -0.293 e. The van der Waals surface area contributed by atoms with Crippen LogP contribution >= 0.6 is 28.1 Å². The molecule has 0 radical (unpaired) electrons. The number of rotatable bonds is 4. The normalized spacial score (nSPS) is 11.1. The summed E-state index contributed by atoms with van der Waals surface area (Å²) in [4.78, 5) is 19.3. The Morgan fingerprint density at radius 1 is 1.27 bits per heavy atom. The van der Waals surface area contributed by atoms with Gasteiger partial charge in [-0.25, -0.2) is 27.8 Å². The van der Waals surface area contributed by atoms with E-state index in [2.05, 4.69) is 36.3 Å². The monoisotopic (exact) mass is 443 g/mol. The highest BCUT2D eigenvalue weighted by molar-refractivity contribution is 9.10. The molecule has 0 saturated carbocycles. The van der Waals surface area contributed by atoms with Crippen LogP contribution in [0.5, 0.6) is 0 Å². The molecule has 6 nitrogen and oxygen atoms in total. The highest BCUT2D eigenvalue weighted by Crippen LogP contribution is 2.28. The maximum atomic E-state index is 13.4. The van der Waals surface area contributed by atoms with Gasteiger partial charge in [-0.1, -0.05) is 34.2 Å². The first kappa shape index (κ1) is 18.4. The lowest BCUT2D eigenvalue weighted by atomic mass is 10.1. The second kappa shape index (κ2) is 7.46. The van der Waals surface area contributed by atoms with Gasteiger partial charge < -0.3 is 0 Å². The third-order valence-corrected chi connectivity index (χ3v) is 4.25. The van der Waals surface area contributed by atoms with E-state index in [9.17, 15) is 18.0 Å². The van der Waals surface area contributed by atoms with Gasteiger partial charge in [0.05, 0.1) is 12.4 Å². The lowest BCUT2D eigenvalue weighted by Gasteiger charge is -2.12. The number of carbonyl (C=O) groups excluding carboxylic acids is 1. The van der Waals surface area contributed by atoms with Gasteiger partial charge in [0.25, 0.3) is 6.43 Å².